The van der Waals surface area contributed by atoms with E-state index in [9.17, 15) is 0 Å². The number of furan rings is 1. The van der Waals surface area contributed by atoms with Crippen LogP contribution in [0.25, 0.3) is 0 Å². The maximum atomic E-state index is 5.68. The summed E-state index contributed by atoms with van der Waals surface area (Å²) < 4.78 is 5.26. The van der Waals surface area contributed by atoms with Crippen LogP contribution < -0.4 is 5.73 Å². The molecule has 1 aromatic heterocycles. The second-order valence-corrected chi connectivity index (χ2v) is 3.78. The molecule has 2 N–H and O–H groups in total. The number of hydrogen-bond donors (Lipinski definition) is 1. The average Bonchev–Trinajstić information content (AvgIpc) is 2.70. The van der Waals surface area contributed by atoms with Gasteiger partial charge in [-0.25, -0.2) is 0 Å². The van der Waals surface area contributed by atoms with Crippen LogP contribution >= 0.6 is 0 Å². The number of aryl methyl sites for hydroxylation is 1. The number of hydrogen-bond acceptors (Lipinski definition) is 2. The summed E-state index contributed by atoms with van der Waals surface area (Å²) in [5, 5.41) is 0. The van der Waals surface area contributed by atoms with Crippen molar-refractivity contribution in [3.05, 3.63) is 24.2 Å². The Kier molecular flexibility index (Phi) is 1.93. The zero-order valence-corrected chi connectivity index (χ0v) is 7.25. The molecule has 0 amide bonds. The standard InChI is InChI=1S/C10H15NO/c11-8-10(5-6-10)4-3-9-2-1-7-12-9/h1-2,7H,3-6,8,11H2. The normalized spacial score (nSPS) is 19.4. The maximum Gasteiger partial charge on any atom is 0.103 e. The zero-order valence-electron chi connectivity index (χ0n) is 7.25. The highest BCUT2D eigenvalue weighted by Crippen LogP contribution is 2.48. The van der Waals surface area contributed by atoms with Crippen molar-refractivity contribution >= 4 is 0 Å². The van der Waals surface area contributed by atoms with E-state index in [0.717, 1.165) is 18.7 Å². The molecular formula is C10H15NO. The summed E-state index contributed by atoms with van der Waals surface area (Å²) >= 11 is 0. The van der Waals surface area contributed by atoms with E-state index in [2.05, 4.69) is 0 Å². The molecule has 2 nitrogen and oxygen atoms in total. The van der Waals surface area contributed by atoms with Gasteiger partial charge in [-0.2, -0.15) is 0 Å². The van der Waals surface area contributed by atoms with Crippen LogP contribution in [0.5, 0.6) is 0 Å². The summed E-state index contributed by atoms with van der Waals surface area (Å²) in [4.78, 5) is 0. The van der Waals surface area contributed by atoms with E-state index < -0.39 is 0 Å². The van der Waals surface area contributed by atoms with E-state index >= 15 is 0 Å². The highest BCUT2D eigenvalue weighted by atomic mass is 16.3. The van der Waals surface area contributed by atoms with Gasteiger partial charge in [0.1, 0.15) is 5.76 Å². The molecule has 1 heterocycles. The van der Waals surface area contributed by atoms with Crippen molar-refractivity contribution in [2.24, 2.45) is 11.1 Å². The zero-order chi connectivity index (χ0) is 8.44. The molecule has 1 fully saturated rings. The summed E-state index contributed by atoms with van der Waals surface area (Å²) in [6.45, 7) is 0.841. The van der Waals surface area contributed by atoms with Crippen LogP contribution in [0, 0.1) is 5.41 Å². The van der Waals surface area contributed by atoms with Gasteiger partial charge in [-0.3, -0.25) is 0 Å². The predicted octanol–water partition coefficient (Wildman–Crippen LogP) is 1.95. The Balaban J connectivity index is 1.83. The van der Waals surface area contributed by atoms with Gasteiger partial charge in [0, 0.05) is 6.42 Å². The predicted molar refractivity (Wildman–Crippen MR) is 47.8 cm³/mol. The molecule has 1 aliphatic rings. The van der Waals surface area contributed by atoms with Gasteiger partial charge in [-0.15, -0.1) is 0 Å². The summed E-state index contributed by atoms with van der Waals surface area (Å²) in [6, 6.07) is 3.98. The van der Waals surface area contributed by atoms with E-state index in [1.807, 2.05) is 12.1 Å². The van der Waals surface area contributed by atoms with E-state index in [-0.39, 0.29) is 0 Å². The lowest BCUT2D eigenvalue weighted by atomic mass is 10.00. The molecule has 0 aromatic carbocycles. The fourth-order valence-electron chi connectivity index (χ4n) is 1.58. The van der Waals surface area contributed by atoms with Crippen molar-refractivity contribution in [2.45, 2.75) is 25.7 Å². The maximum absolute atomic E-state index is 5.68. The molecule has 0 aliphatic heterocycles. The number of rotatable bonds is 4. The van der Waals surface area contributed by atoms with Crippen molar-refractivity contribution in [1.82, 2.24) is 0 Å². The Bertz CT molecular complexity index is 236. The first-order valence-electron chi connectivity index (χ1n) is 4.57. The van der Waals surface area contributed by atoms with Gasteiger partial charge < -0.3 is 10.2 Å². The molecule has 66 valence electrons. The van der Waals surface area contributed by atoms with Gasteiger partial charge >= 0.3 is 0 Å². The first-order valence-corrected chi connectivity index (χ1v) is 4.57. The minimum atomic E-state index is 0.479. The highest BCUT2D eigenvalue weighted by Gasteiger charge is 2.40. The molecule has 0 radical (unpaired) electrons. The van der Waals surface area contributed by atoms with Gasteiger partial charge in [0.25, 0.3) is 0 Å². The largest absolute Gasteiger partial charge is 0.469 e. The monoisotopic (exact) mass is 165 g/mol. The van der Waals surface area contributed by atoms with Crippen molar-refractivity contribution < 1.29 is 4.42 Å². The van der Waals surface area contributed by atoms with E-state index in [0.29, 0.717) is 5.41 Å². The molecule has 1 aromatic rings. The summed E-state index contributed by atoms with van der Waals surface area (Å²) in [5.74, 6) is 1.09. The molecule has 0 atom stereocenters. The van der Waals surface area contributed by atoms with E-state index in [1.165, 1.54) is 19.3 Å². The molecule has 0 saturated heterocycles. The smallest absolute Gasteiger partial charge is 0.103 e. The Labute approximate surface area is 72.7 Å². The summed E-state index contributed by atoms with van der Waals surface area (Å²) in [5.41, 5.74) is 6.16. The lowest BCUT2D eigenvalue weighted by molar-refractivity contribution is 0.433. The van der Waals surface area contributed by atoms with Crippen LogP contribution in [0.15, 0.2) is 22.8 Å². The molecule has 2 heteroatoms. The molecule has 0 unspecified atom stereocenters. The summed E-state index contributed by atoms with van der Waals surface area (Å²) in [7, 11) is 0. The van der Waals surface area contributed by atoms with Crippen LogP contribution in [0.1, 0.15) is 25.0 Å². The minimum Gasteiger partial charge on any atom is -0.469 e. The van der Waals surface area contributed by atoms with Gasteiger partial charge in [0.2, 0.25) is 0 Å². The van der Waals surface area contributed by atoms with Crippen molar-refractivity contribution in [3.8, 4) is 0 Å². The van der Waals surface area contributed by atoms with E-state index in [4.69, 9.17) is 10.2 Å². The fraction of sp³-hybridized carbons (Fsp3) is 0.600. The molecule has 1 saturated carbocycles. The topological polar surface area (TPSA) is 39.2 Å². The molecule has 0 bridgehead atoms. The third-order valence-electron chi connectivity index (χ3n) is 2.87. The quantitative estimate of drug-likeness (QED) is 0.740. The molecule has 12 heavy (non-hydrogen) atoms. The average molecular weight is 165 g/mol. The van der Waals surface area contributed by atoms with Crippen molar-refractivity contribution in [3.63, 3.8) is 0 Å². The van der Waals surface area contributed by atoms with Crippen LogP contribution in [0.4, 0.5) is 0 Å². The van der Waals surface area contributed by atoms with Crippen molar-refractivity contribution in [1.29, 1.82) is 0 Å². The second-order valence-electron chi connectivity index (χ2n) is 3.78. The van der Waals surface area contributed by atoms with Gasteiger partial charge in [0.15, 0.2) is 0 Å². The Hall–Kier alpha value is -0.760. The third-order valence-corrected chi connectivity index (χ3v) is 2.87. The van der Waals surface area contributed by atoms with Gasteiger partial charge in [-0.1, -0.05) is 0 Å². The SMILES string of the molecule is NCC1(CCc2ccco2)CC1. The molecular weight excluding hydrogens is 150 g/mol. The molecule has 2 rings (SSSR count). The third kappa shape index (κ3) is 1.53. The van der Waals surface area contributed by atoms with Crippen LogP contribution in [-0.2, 0) is 6.42 Å². The van der Waals surface area contributed by atoms with Crippen molar-refractivity contribution in [2.75, 3.05) is 6.54 Å². The lowest BCUT2D eigenvalue weighted by Gasteiger charge is -2.09. The Morgan fingerprint density at radius 1 is 1.50 bits per heavy atom. The van der Waals surface area contributed by atoms with Crippen LogP contribution in [0.2, 0.25) is 0 Å². The molecule has 0 spiro atoms. The second kappa shape index (κ2) is 2.94. The first-order chi connectivity index (χ1) is 5.85. The Morgan fingerprint density at radius 3 is 2.83 bits per heavy atom. The Morgan fingerprint density at radius 2 is 2.33 bits per heavy atom. The fourth-order valence-corrected chi connectivity index (χ4v) is 1.58. The van der Waals surface area contributed by atoms with Gasteiger partial charge in [0.05, 0.1) is 6.26 Å². The van der Waals surface area contributed by atoms with Crippen LogP contribution in [-0.4, -0.2) is 6.54 Å². The first kappa shape index (κ1) is 7.87. The van der Waals surface area contributed by atoms with Crippen LogP contribution in [0.3, 0.4) is 0 Å². The van der Waals surface area contributed by atoms with E-state index in [1.54, 1.807) is 6.26 Å². The minimum absolute atomic E-state index is 0.479. The lowest BCUT2D eigenvalue weighted by Crippen LogP contribution is -2.15. The number of nitrogens with two attached hydrogens (primary N) is 1. The highest BCUT2D eigenvalue weighted by molar-refractivity contribution is 5.02. The summed E-state index contributed by atoms with van der Waals surface area (Å²) in [6.07, 6.45) is 6.59. The van der Waals surface area contributed by atoms with Gasteiger partial charge in [-0.05, 0) is 43.4 Å². The molecule has 1 aliphatic carbocycles.